The molecule has 0 spiro atoms. The number of hydrogen-bond acceptors (Lipinski definition) is 4. The van der Waals surface area contributed by atoms with Crippen molar-refractivity contribution in [1.29, 1.82) is 0 Å². The molecule has 1 aliphatic carbocycles. The molecule has 1 aromatic carbocycles. The van der Waals surface area contributed by atoms with Crippen LogP contribution in [0, 0.1) is 3.57 Å². The highest BCUT2D eigenvalue weighted by atomic mass is 127. The lowest BCUT2D eigenvalue weighted by Gasteiger charge is -2.15. The molecule has 0 aliphatic heterocycles. The zero-order chi connectivity index (χ0) is 16.8. The second-order valence-corrected chi connectivity index (χ2v) is 7.52. The highest BCUT2D eigenvalue weighted by Gasteiger charge is 2.16. The van der Waals surface area contributed by atoms with Crippen molar-refractivity contribution in [2.24, 2.45) is 0 Å². The molecule has 1 heterocycles. The molecule has 6 heteroatoms. The summed E-state index contributed by atoms with van der Waals surface area (Å²) in [5.41, 5.74) is 0.924. The van der Waals surface area contributed by atoms with Crippen LogP contribution in [-0.4, -0.2) is 22.1 Å². The molecule has 0 atom stereocenters. The van der Waals surface area contributed by atoms with E-state index in [1.54, 1.807) is 0 Å². The molecule has 5 nitrogen and oxygen atoms in total. The summed E-state index contributed by atoms with van der Waals surface area (Å²) in [5, 5.41) is 7.15. The molecule has 0 radical (unpaired) electrons. The van der Waals surface area contributed by atoms with Gasteiger partial charge in [0.15, 0.2) is 0 Å². The van der Waals surface area contributed by atoms with Gasteiger partial charge in [-0.15, -0.1) is 0 Å². The van der Waals surface area contributed by atoms with E-state index in [0.29, 0.717) is 30.6 Å². The minimum absolute atomic E-state index is 0.0796. The van der Waals surface area contributed by atoms with E-state index in [9.17, 15) is 4.79 Å². The average Bonchev–Trinajstić information content (AvgIpc) is 2.91. The number of hydrogen-bond donors (Lipinski definition) is 1. The summed E-state index contributed by atoms with van der Waals surface area (Å²) in [6.45, 7) is 0. The van der Waals surface area contributed by atoms with Crippen molar-refractivity contribution >= 4 is 28.5 Å². The zero-order valence-electron chi connectivity index (χ0n) is 13.6. The summed E-state index contributed by atoms with van der Waals surface area (Å²) in [5.74, 6) is 1.17. The van der Waals surface area contributed by atoms with Gasteiger partial charge in [0.2, 0.25) is 17.6 Å². The fourth-order valence-electron chi connectivity index (χ4n) is 3.02. The van der Waals surface area contributed by atoms with Gasteiger partial charge in [-0.3, -0.25) is 4.79 Å². The predicted molar refractivity (Wildman–Crippen MR) is 100 cm³/mol. The summed E-state index contributed by atoms with van der Waals surface area (Å²) in [6, 6.07) is 8.29. The number of aromatic nitrogens is 2. The first kappa shape index (κ1) is 17.4. The van der Waals surface area contributed by atoms with Crippen molar-refractivity contribution < 1.29 is 9.32 Å². The van der Waals surface area contributed by atoms with Crippen LogP contribution in [0.25, 0.3) is 11.4 Å². The van der Waals surface area contributed by atoms with E-state index in [1.807, 2.05) is 24.3 Å². The van der Waals surface area contributed by atoms with Gasteiger partial charge < -0.3 is 9.84 Å². The van der Waals surface area contributed by atoms with Crippen LogP contribution in [0.3, 0.4) is 0 Å². The maximum Gasteiger partial charge on any atom is 0.227 e. The lowest BCUT2D eigenvalue weighted by molar-refractivity contribution is -0.121. The third kappa shape index (κ3) is 5.03. The Kier molecular flexibility index (Phi) is 6.23. The van der Waals surface area contributed by atoms with Gasteiger partial charge in [-0.25, -0.2) is 0 Å². The van der Waals surface area contributed by atoms with Crippen LogP contribution in [0.4, 0.5) is 0 Å². The van der Waals surface area contributed by atoms with Crippen molar-refractivity contribution in [2.75, 3.05) is 0 Å². The molecule has 128 valence electrons. The Balaban J connectivity index is 1.49. The van der Waals surface area contributed by atoms with Gasteiger partial charge in [-0.2, -0.15) is 4.98 Å². The zero-order valence-corrected chi connectivity index (χ0v) is 15.8. The predicted octanol–water partition coefficient (Wildman–Crippen LogP) is 4.11. The molecular weight excluding hydrogens is 417 g/mol. The topological polar surface area (TPSA) is 68.0 Å². The second kappa shape index (κ2) is 8.60. The Morgan fingerprint density at radius 2 is 1.88 bits per heavy atom. The highest BCUT2D eigenvalue weighted by Crippen LogP contribution is 2.19. The van der Waals surface area contributed by atoms with Gasteiger partial charge in [0.1, 0.15) is 0 Å². The maximum absolute atomic E-state index is 12.1. The number of carbonyl (C=O) groups is 1. The van der Waals surface area contributed by atoms with E-state index in [4.69, 9.17) is 4.52 Å². The number of nitrogens with zero attached hydrogens (tertiary/aromatic N) is 2. The summed E-state index contributed by atoms with van der Waals surface area (Å²) in [4.78, 5) is 16.5. The molecule has 1 N–H and O–H groups in total. The summed E-state index contributed by atoms with van der Waals surface area (Å²) in [6.07, 6.45) is 8.08. The van der Waals surface area contributed by atoms with E-state index in [0.717, 1.165) is 22.0 Å². The van der Waals surface area contributed by atoms with Gasteiger partial charge in [-0.1, -0.05) is 43.0 Å². The largest absolute Gasteiger partial charge is 0.353 e. The molecule has 0 saturated heterocycles. The van der Waals surface area contributed by atoms with Crippen LogP contribution in [0.1, 0.15) is 50.8 Å². The fraction of sp³-hybridized carbons (Fsp3) is 0.500. The molecule has 1 saturated carbocycles. The Morgan fingerprint density at radius 1 is 1.17 bits per heavy atom. The van der Waals surface area contributed by atoms with Gasteiger partial charge >= 0.3 is 0 Å². The molecule has 3 rings (SSSR count). The van der Waals surface area contributed by atoms with Crippen LogP contribution < -0.4 is 5.32 Å². The summed E-state index contributed by atoms with van der Waals surface area (Å²) in [7, 11) is 0. The Hall–Kier alpha value is -1.44. The van der Waals surface area contributed by atoms with E-state index in [-0.39, 0.29) is 5.91 Å². The van der Waals surface area contributed by atoms with Gasteiger partial charge in [0.25, 0.3) is 0 Å². The van der Waals surface area contributed by atoms with E-state index < -0.39 is 0 Å². The van der Waals surface area contributed by atoms with Crippen molar-refractivity contribution in [1.82, 2.24) is 15.5 Å². The molecule has 1 aliphatic rings. The van der Waals surface area contributed by atoms with Crippen LogP contribution in [0.5, 0.6) is 0 Å². The van der Waals surface area contributed by atoms with Gasteiger partial charge in [0.05, 0.1) is 0 Å². The monoisotopic (exact) mass is 439 g/mol. The van der Waals surface area contributed by atoms with E-state index in [1.165, 1.54) is 25.7 Å². The number of amides is 1. The molecule has 0 bridgehead atoms. The fourth-order valence-corrected chi connectivity index (χ4v) is 3.38. The molecule has 1 fully saturated rings. The van der Waals surface area contributed by atoms with Crippen LogP contribution in [0.15, 0.2) is 28.8 Å². The van der Waals surface area contributed by atoms with Crippen LogP contribution >= 0.6 is 22.6 Å². The summed E-state index contributed by atoms with van der Waals surface area (Å²) < 4.78 is 6.43. The van der Waals surface area contributed by atoms with Crippen molar-refractivity contribution in [3.63, 3.8) is 0 Å². The Bertz CT molecular complexity index is 661. The van der Waals surface area contributed by atoms with Crippen molar-refractivity contribution in [3.05, 3.63) is 33.7 Å². The lowest BCUT2D eigenvalue weighted by atomic mass is 10.1. The molecule has 24 heavy (non-hydrogen) atoms. The minimum atomic E-state index is 0.0796. The number of nitrogens with one attached hydrogen (secondary N) is 1. The first-order chi connectivity index (χ1) is 11.7. The van der Waals surface area contributed by atoms with E-state index in [2.05, 4.69) is 38.0 Å². The molecule has 2 aromatic rings. The smallest absolute Gasteiger partial charge is 0.227 e. The maximum atomic E-state index is 12.1. The molecular formula is C18H22IN3O2. The normalized spacial score (nSPS) is 15.9. The number of halogens is 1. The number of rotatable bonds is 5. The number of benzene rings is 1. The van der Waals surface area contributed by atoms with Crippen molar-refractivity contribution in [3.8, 4) is 11.4 Å². The Labute approximate surface area is 155 Å². The lowest BCUT2D eigenvalue weighted by Crippen LogP contribution is -2.34. The van der Waals surface area contributed by atoms with Crippen LogP contribution in [-0.2, 0) is 11.2 Å². The highest BCUT2D eigenvalue weighted by molar-refractivity contribution is 14.1. The first-order valence-corrected chi connectivity index (χ1v) is 9.66. The average molecular weight is 439 g/mol. The van der Waals surface area contributed by atoms with Crippen LogP contribution in [0.2, 0.25) is 0 Å². The molecule has 1 aromatic heterocycles. The molecule has 1 amide bonds. The SMILES string of the molecule is O=C(CCc1nc(-c2ccc(I)cc2)no1)NC1CCCCCC1. The third-order valence-electron chi connectivity index (χ3n) is 4.36. The van der Waals surface area contributed by atoms with Gasteiger partial charge in [-0.05, 0) is 47.6 Å². The summed E-state index contributed by atoms with van der Waals surface area (Å²) >= 11 is 2.26. The Morgan fingerprint density at radius 3 is 2.58 bits per heavy atom. The number of carbonyl (C=O) groups excluding carboxylic acids is 1. The molecule has 0 unspecified atom stereocenters. The second-order valence-electron chi connectivity index (χ2n) is 6.27. The first-order valence-electron chi connectivity index (χ1n) is 8.58. The standard InChI is InChI=1S/C18H22IN3O2/c19-14-9-7-13(8-10-14)18-21-17(24-22-18)12-11-16(23)20-15-5-3-1-2-4-6-15/h7-10,15H,1-6,11-12H2,(H,20,23). The third-order valence-corrected chi connectivity index (χ3v) is 5.08. The quantitative estimate of drug-likeness (QED) is 0.563. The number of aryl methyl sites for hydroxylation is 1. The minimum Gasteiger partial charge on any atom is -0.353 e. The van der Waals surface area contributed by atoms with E-state index >= 15 is 0 Å². The van der Waals surface area contributed by atoms with Crippen molar-refractivity contribution in [2.45, 2.75) is 57.4 Å². The van der Waals surface area contributed by atoms with Gasteiger partial charge in [0, 0.05) is 28.0 Å².